The molecular weight excluding hydrogens is 202 g/mol. The van der Waals surface area contributed by atoms with E-state index in [1.807, 2.05) is 24.3 Å². The van der Waals surface area contributed by atoms with Gasteiger partial charge in [0.15, 0.2) is 0 Å². The molecule has 0 aliphatic heterocycles. The topological polar surface area (TPSA) is 44.5 Å². The van der Waals surface area contributed by atoms with Crippen LogP contribution in [0, 0.1) is 5.92 Å². The number of hydrogen-bond donors (Lipinski definition) is 1. The normalized spacial score (nSPS) is 12.6. The third-order valence-electron chi connectivity index (χ3n) is 2.64. The van der Waals surface area contributed by atoms with Crippen LogP contribution < -0.4 is 15.2 Å². The van der Waals surface area contributed by atoms with Gasteiger partial charge in [0.05, 0.1) is 13.7 Å². The van der Waals surface area contributed by atoms with Crippen LogP contribution in [0.5, 0.6) is 11.5 Å². The summed E-state index contributed by atoms with van der Waals surface area (Å²) in [7, 11) is 1.65. The van der Waals surface area contributed by atoms with E-state index in [0.717, 1.165) is 17.9 Å². The third-order valence-corrected chi connectivity index (χ3v) is 2.64. The summed E-state index contributed by atoms with van der Waals surface area (Å²) in [4.78, 5) is 0. The summed E-state index contributed by atoms with van der Waals surface area (Å²) in [6.07, 6.45) is 0.879. The Morgan fingerprint density at radius 1 is 1.12 bits per heavy atom. The summed E-state index contributed by atoms with van der Waals surface area (Å²) in [5.74, 6) is 2.20. The molecule has 1 atom stereocenters. The molecule has 2 N–H and O–H groups in total. The van der Waals surface area contributed by atoms with Crippen LogP contribution in [0.4, 0.5) is 0 Å². The fourth-order valence-corrected chi connectivity index (χ4v) is 1.32. The Morgan fingerprint density at radius 3 is 2.19 bits per heavy atom. The lowest BCUT2D eigenvalue weighted by molar-refractivity contribution is 0.282. The van der Waals surface area contributed by atoms with Gasteiger partial charge in [0.25, 0.3) is 0 Å². The Bertz CT molecular complexity index is 295. The molecule has 0 bridgehead atoms. The van der Waals surface area contributed by atoms with E-state index >= 15 is 0 Å². The molecule has 90 valence electrons. The number of hydrogen-bond acceptors (Lipinski definition) is 3. The second kappa shape index (κ2) is 6.38. The first-order valence-corrected chi connectivity index (χ1v) is 5.66. The van der Waals surface area contributed by atoms with E-state index in [1.54, 1.807) is 7.11 Å². The maximum Gasteiger partial charge on any atom is 0.119 e. The van der Waals surface area contributed by atoms with Crippen molar-refractivity contribution in [2.24, 2.45) is 11.7 Å². The molecule has 0 fully saturated rings. The summed E-state index contributed by atoms with van der Waals surface area (Å²) < 4.78 is 10.7. The first kappa shape index (κ1) is 12.8. The zero-order valence-corrected chi connectivity index (χ0v) is 10.3. The van der Waals surface area contributed by atoms with E-state index in [9.17, 15) is 0 Å². The van der Waals surface area contributed by atoms with Gasteiger partial charge >= 0.3 is 0 Å². The van der Waals surface area contributed by atoms with E-state index in [2.05, 4.69) is 13.8 Å². The summed E-state index contributed by atoms with van der Waals surface area (Å²) in [6.45, 7) is 4.90. The van der Waals surface area contributed by atoms with Crippen molar-refractivity contribution in [1.82, 2.24) is 0 Å². The third kappa shape index (κ3) is 4.11. The van der Waals surface area contributed by atoms with Crippen LogP contribution in [0.25, 0.3) is 0 Å². The lowest BCUT2D eigenvalue weighted by Gasteiger charge is -2.15. The molecule has 0 saturated heterocycles. The van der Waals surface area contributed by atoms with Crippen LogP contribution in [0.1, 0.15) is 20.3 Å². The summed E-state index contributed by atoms with van der Waals surface area (Å²) >= 11 is 0. The molecule has 1 unspecified atom stereocenters. The summed E-state index contributed by atoms with van der Waals surface area (Å²) in [5.41, 5.74) is 5.93. The smallest absolute Gasteiger partial charge is 0.119 e. The van der Waals surface area contributed by atoms with Crippen LogP contribution >= 0.6 is 0 Å². The molecule has 0 radical (unpaired) electrons. The molecule has 16 heavy (non-hydrogen) atoms. The average molecular weight is 223 g/mol. The van der Waals surface area contributed by atoms with Gasteiger partial charge < -0.3 is 15.2 Å². The van der Waals surface area contributed by atoms with Crippen molar-refractivity contribution in [2.45, 2.75) is 26.3 Å². The SMILES string of the molecule is COc1ccc(OCCC(N)C(C)C)cc1. The standard InChI is InChI=1S/C13H21NO2/c1-10(2)13(14)8-9-16-12-6-4-11(15-3)5-7-12/h4-7,10,13H,8-9,14H2,1-3H3. The number of rotatable bonds is 6. The minimum absolute atomic E-state index is 0.207. The molecule has 1 rings (SSSR count). The lowest BCUT2D eigenvalue weighted by Crippen LogP contribution is -2.28. The Balaban J connectivity index is 2.31. The predicted molar refractivity (Wildman–Crippen MR) is 65.9 cm³/mol. The minimum atomic E-state index is 0.207. The highest BCUT2D eigenvalue weighted by Gasteiger charge is 2.07. The zero-order chi connectivity index (χ0) is 12.0. The van der Waals surface area contributed by atoms with Crippen LogP contribution in [-0.4, -0.2) is 19.8 Å². The molecule has 0 heterocycles. The highest BCUT2D eigenvalue weighted by Crippen LogP contribution is 2.17. The highest BCUT2D eigenvalue weighted by atomic mass is 16.5. The summed E-state index contributed by atoms with van der Waals surface area (Å²) in [5, 5.41) is 0. The Labute approximate surface area is 97.6 Å². The van der Waals surface area contributed by atoms with Crippen molar-refractivity contribution < 1.29 is 9.47 Å². The maximum atomic E-state index is 5.93. The van der Waals surface area contributed by atoms with Crippen molar-refractivity contribution in [3.05, 3.63) is 24.3 Å². The molecule has 0 aliphatic rings. The van der Waals surface area contributed by atoms with Gasteiger partial charge in [-0.2, -0.15) is 0 Å². The van der Waals surface area contributed by atoms with Gasteiger partial charge in [-0.25, -0.2) is 0 Å². The molecule has 3 nitrogen and oxygen atoms in total. The fourth-order valence-electron chi connectivity index (χ4n) is 1.32. The van der Waals surface area contributed by atoms with E-state index in [1.165, 1.54) is 0 Å². The van der Waals surface area contributed by atoms with E-state index in [4.69, 9.17) is 15.2 Å². The maximum absolute atomic E-state index is 5.93. The van der Waals surface area contributed by atoms with Crippen LogP contribution in [-0.2, 0) is 0 Å². The van der Waals surface area contributed by atoms with Crippen molar-refractivity contribution in [2.75, 3.05) is 13.7 Å². The second-order valence-corrected chi connectivity index (χ2v) is 4.22. The van der Waals surface area contributed by atoms with Gasteiger partial charge in [-0.3, -0.25) is 0 Å². The van der Waals surface area contributed by atoms with Gasteiger partial charge in [0, 0.05) is 6.04 Å². The van der Waals surface area contributed by atoms with Gasteiger partial charge in [-0.05, 0) is 36.6 Å². The average Bonchev–Trinajstić information content (AvgIpc) is 2.29. The van der Waals surface area contributed by atoms with E-state index in [0.29, 0.717) is 12.5 Å². The van der Waals surface area contributed by atoms with Crippen molar-refractivity contribution in [3.8, 4) is 11.5 Å². The number of benzene rings is 1. The van der Waals surface area contributed by atoms with Gasteiger partial charge in [-0.15, -0.1) is 0 Å². The second-order valence-electron chi connectivity index (χ2n) is 4.22. The molecule has 3 heteroatoms. The lowest BCUT2D eigenvalue weighted by atomic mass is 10.0. The number of nitrogens with two attached hydrogens (primary N) is 1. The number of methoxy groups -OCH3 is 1. The zero-order valence-electron chi connectivity index (χ0n) is 10.3. The Kier molecular flexibility index (Phi) is 5.12. The summed E-state index contributed by atoms with van der Waals surface area (Å²) in [6, 6.07) is 7.78. The number of ether oxygens (including phenoxy) is 2. The molecule has 0 saturated carbocycles. The molecule has 0 aromatic heterocycles. The largest absolute Gasteiger partial charge is 0.497 e. The molecule has 0 amide bonds. The van der Waals surface area contributed by atoms with Crippen LogP contribution in [0.2, 0.25) is 0 Å². The fraction of sp³-hybridized carbons (Fsp3) is 0.538. The van der Waals surface area contributed by atoms with Crippen molar-refractivity contribution in [1.29, 1.82) is 0 Å². The van der Waals surface area contributed by atoms with Gasteiger partial charge in [0.1, 0.15) is 11.5 Å². The Morgan fingerprint density at radius 2 is 1.69 bits per heavy atom. The van der Waals surface area contributed by atoms with E-state index < -0.39 is 0 Å². The highest BCUT2D eigenvalue weighted by molar-refractivity contribution is 5.31. The first-order valence-electron chi connectivity index (χ1n) is 5.66. The van der Waals surface area contributed by atoms with Crippen LogP contribution in [0.15, 0.2) is 24.3 Å². The Hall–Kier alpha value is -1.22. The van der Waals surface area contributed by atoms with Crippen LogP contribution in [0.3, 0.4) is 0 Å². The quantitative estimate of drug-likeness (QED) is 0.805. The molecule has 1 aromatic rings. The van der Waals surface area contributed by atoms with E-state index in [-0.39, 0.29) is 6.04 Å². The molecular formula is C13H21NO2. The molecule has 0 spiro atoms. The minimum Gasteiger partial charge on any atom is -0.497 e. The first-order chi connectivity index (χ1) is 7.63. The van der Waals surface area contributed by atoms with Crippen molar-refractivity contribution in [3.63, 3.8) is 0 Å². The molecule has 1 aromatic carbocycles. The van der Waals surface area contributed by atoms with Crippen molar-refractivity contribution >= 4 is 0 Å². The predicted octanol–water partition coefficient (Wildman–Crippen LogP) is 2.45. The monoisotopic (exact) mass is 223 g/mol. The molecule has 0 aliphatic carbocycles. The van der Waals surface area contributed by atoms with Gasteiger partial charge in [0.2, 0.25) is 0 Å². The van der Waals surface area contributed by atoms with Gasteiger partial charge in [-0.1, -0.05) is 13.8 Å².